The van der Waals surface area contributed by atoms with Crippen LogP contribution in [0.4, 0.5) is 0 Å². The highest BCUT2D eigenvalue weighted by molar-refractivity contribution is 6.06. The number of likely N-dealkylation sites (tertiary alicyclic amines) is 1. The molecule has 5 rings (SSSR count). The molecule has 32 heavy (non-hydrogen) atoms. The molecule has 1 unspecified atom stereocenters. The maximum Gasteiger partial charge on any atom is 0.251 e. The first kappa shape index (κ1) is 20.6. The summed E-state index contributed by atoms with van der Waals surface area (Å²) in [7, 11) is 3.54. The Labute approximate surface area is 187 Å². The zero-order valence-corrected chi connectivity index (χ0v) is 18.5. The number of carbonyl (C=O) groups excluding carboxylic acids is 2. The summed E-state index contributed by atoms with van der Waals surface area (Å²) in [4.78, 5) is 36.8. The molecular formula is C24H28N6O2. The number of hydrogen-bond acceptors (Lipinski definition) is 5. The van der Waals surface area contributed by atoms with Crippen LogP contribution in [0, 0.1) is 0 Å². The van der Waals surface area contributed by atoms with Gasteiger partial charge < -0.3 is 10.2 Å². The van der Waals surface area contributed by atoms with Gasteiger partial charge in [0.05, 0.1) is 23.1 Å². The minimum absolute atomic E-state index is 0.0668. The zero-order chi connectivity index (χ0) is 22.2. The van der Waals surface area contributed by atoms with Gasteiger partial charge in [-0.15, -0.1) is 0 Å². The maximum atomic E-state index is 12.9. The third-order valence-corrected chi connectivity index (χ3v) is 6.53. The quantitative estimate of drug-likeness (QED) is 0.669. The van der Waals surface area contributed by atoms with Gasteiger partial charge in [0.1, 0.15) is 0 Å². The molecule has 0 spiro atoms. The molecule has 4 heterocycles. The predicted octanol–water partition coefficient (Wildman–Crippen LogP) is 2.55. The Kier molecular flexibility index (Phi) is 5.36. The first-order valence-electron chi connectivity index (χ1n) is 11.3. The zero-order valence-electron chi connectivity index (χ0n) is 18.5. The Hall–Kier alpha value is -3.29. The van der Waals surface area contributed by atoms with Crippen LogP contribution in [0.1, 0.15) is 65.0 Å². The summed E-state index contributed by atoms with van der Waals surface area (Å²) in [6.07, 6.45) is 6.08. The van der Waals surface area contributed by atoms with E-state index in [0.29, 0.717) is 24.4 Å². The van der Waals surface area contributed by atoms with Crippen LogP contribution in [0.3, 0.4) is 0 Å². The fraction of sp³-hybridized carbons (Fsp3) is 0.458. The van der Waals surface area contributed by atoms with Crippen molar-refractivity contribution in [3.05, 3.63) is 53.1 Å². The minimum atomic E-state index is -0.118. The highest BCUT2D eigenvalue weighted by Crippen LogP contribution is 2.41. The summed E-state index contributed by atoms with van der Waals surface area (Å²) in [5, 5.41) is 8.41. The molecule has 1 atom stereocenters. The number of amides is 2. The SMILES string of the molecule is CNC(=O)c1cc(C2CC2)nc2c1c(C1CCCN(C(=O)Cc3ccccn3)C1)nn2C. The largest absolute Gasteiger partial charge is 0.355 e. The average molecular weight is 433 g/mol. The third-order valence-electron chi connectivity index (χ3n) is 6.53. The van der Waals surface area contributed by atoms with Gasteiger partial charge in [-0.1, -0.05) is 6.07 Å². The van der Waals surface area contributed by atoms with Gasteiger partial charge >= 0.3 is 0 Å². The molecule has 1 saturated carbocycles. The molecule has 2 amide bonds. The van der Waals surface area contributed by atoms with E-state index in [1.165, 1.54) is 0 Å². The van der Waals surface area contributed by atoms with Gasteiger partial charge in [0.25, 0.3) is 5.91 Å². The number of carbonyl (C=O) groups is 2. The van der Waals surface area contributed by atoms with Crippen molar-refractivity contribution in [3.8, 4) is 0 Å². The molecule has 0 bridgehead atoms. The van der Waals surface area contributed by atoms with Crippen LogP contribution in [0.5, 0.6) is 0 Å². The summed E-state index contributed by atoms with van der Waals surface area (Å²) in [5.41, 5.74) is 4.01. The van der Waals surface area contributed by atoms with Crippen molar-refractivity contribution in [2.45, 2.75) is 43.9 Å². The number of nitrogens with one attached hydrogen (secondary N) is 1. The van der Waals surface area contributed by atoms with Crippen molar-refractivity contribution in [3.63, 3.8) is 0 Å². The van der Waals surface area contributed by atoms with Crippen LogP contribution >= 0.6 is 0 Å². The molecule has 1 aliphatic carbocycles. The normalized spacial score (nSPS) is 18.7. The first-order chi connectivity index (χ1) is 15.5. The van der Waals surface area contributed by atoms with Gasteiger partial charge in [0.2, 0.25) is 5.91 Å². The van der Waals surface area contributed by atoms with E-state index < -0.39 is 0 Å². The van der Waals surface area contributed by atoms with E-state index in [9.17, 15) is 9.59 Å². The molecular weight excluding hydrogens is 404 g/mol. The second-order valence-electron chi connectivity index (χ2n) is 8.83. The highest BCUT2D eigenvalue weighted by Gasteiger charge is 2.32. The standard InChI is InChI=1S/C24H28N6O2/c1-25-24(32)18-13-19(15-8-9-15)27-23-21(18)22(28-29(23)2)16-6-5-11-30(14-16)20(31)12-17-7-3-4-10-26-17/h3-4,7,10,13,15-16H,5-6,8-9,11-12,14H2,1-2H3,(H,25,32). The highest BCUT2D eigenvalue weighted by atomic mass is 16.2. The van der Waals surface area contributed by atoms with Crippen LogP contribution in [0.15, 0.2) is 30.5 Å². The molecule has 8 nitrogen and oxygen atoms in total. The fourth-order valence-corrected chi connectivity index (χ4v) is 4.68. The van der Waals surface area contributed by atoms with Gasteiger partial charge in [0, 0.05) is 56.6 Å². The van der Waals surface area contributed by atoms with E-state index >= 15 is 0 Å². The smallest absolute Gasteiger partial charge is 0.251 e. The molecule has 1 aliphatic heterocycles. The predicted molar refractivity (Wildman–Crippen MR) is 120 cm³/mol. The molecule has 1 N–H and O–H groups in total. The van der Waals surface area contributed by atoms with Crippen molar-refractivity contribution in [2.75, 3.05) is 20.1 Å². The van der Waals surface area contributed by atoms with E-state index in [1.54, 1.807) is 17.9 Å². The number of fused-ring (bicyclic) bond motifs is 1. The van der Waals surface area contributed by atoms with E-state index in [1.807, 2.05) is 36.2 Å². The van der Waals surface area contributed by atoms with Crippen molar-refractivity contribution in [1.82, 2.24) is 30.0 Å². The second-order valence-corrected chi connectivity index (χ2v) is 8.83. The number of hydrogen-bond donors (Lipinski definition) is 1. The summed E-state index contributed by atoms with van der Waals surface area (Å²) in [5.74, 6) is 0.467. The molecule has 3 aromatic heterocycles. The molecule has 1 saturated heterocycles. The molecule has 0 aromatic carbocycles. The molecule has 0 radical (unpaired) electrons. The molecule has 166 valence electrons. The Morgan fingerprint density at radius 3 is 2.75 bits per heavy atom. The molecule has 2 aliphatic rings. The van der Waals surface area contributed by atoms with Gasteiger partial charge in [-0.05, 0) is 43.9 Å². The minimum Gasteiger partial charge on any atom is -0.355 e. The molecule has 8 heteroatoms. The third kappa shape index (κ3) is 3.85. The van der Waals surface area contributed by atoms with Crippen LogP contribution in [0.2, 0.25) is 0 Å². The Morgan fingerprint density at radius 1 is 1.19 bits per heavy atom. The van der Waals surface area contributed by atoms with Gasteiger partial charge in [-0.3, -0.25) is 19.3 Å². The lowest BCUT2D eigenvalue weighted by Gasteiger charge is -2.32. The Balaban J connectivity index is 1.47. The summed E-state index contributed by atoms with van der Waals surface area (Å²) >= 11 is 0. The monoisotopic (exact) mass is 432 g/mol. The number of aromatic nitrogens is 4. The lowest BCUT2D eigenvalue weighted by Crippen LogP contribution is -2.40. The number of nitrogens with zero attached hydrogens (tertiary/aromatic N) is 5. The van der Waals surface area contributed by atoms with Gasteiger partial charge in [0.15, 0.2) is 5.65 Å². The van der Waals surface area contributed by atoms with Crippen LogP contribution in [0.25, 0.3) is 11.0 Å². The summed E-state index contributed by atoms with van der Waals surface area (Å²) in [6.45, 7) is 1.33. The fourth-order valence-electron chi connectivity index (χ4n) is 4.68. The number of rotatable bonds is 5. The van der Waals surface area contributed by atoms with Crippen LogP contribution < -0.4 is 5.32 Å². The maximum absolute atomic E-state index is 12.9. The topological polar surface area (TPSA) is 93.0 Å². The van der Waals surface area contributed by atoms with Gasteiger partial charge in [-0.25, -0.2) is 4.98 Å². The second kappa shape index (κ2) is 8.33. The number of pyridine rings is 2. The first-order valence-corrected chi connectivity index (χ1v) is 11.3. The Morgan fingerprint density at radius 2 is 2.03 bits per heavy atom. The van der Waals surface area contributed by atoms with Crippen molar-refractivity contribution in [2.24, 2.45) is 7.05 Å². The van der Waals surface area contributed by atoms with E-state index in [4.69, 9.17) is 10.1 Å². The number of aryl methyl sites for hydroxylation is 1. The summed E-state index contributed by atoms with van der Waals surface area (Å²) < 4.78 is 1.79. The van der Waals surface area contributed by atoms with Crippen LogP contribution in [-0.2, 0) is 18.3 Å². The van der Waals surface area contributed by atoms with Crippen molar-refractivity contribution >= 4 is 22.8 Å². The average Bonchev–Trinajstić information content (AvgIpc) is 3.62. The lowest BCUT2D eigenvalue weighted by molar-refractivity contribution is -0.131. The van der Waals surface area contributed by atoms with Crippen molar-refractivity contribution in [1.29, 1.82) is 0 Å². The number of piperidine rings is 1. The van der Waals surface area contributed by atoms with E-state index in [2.05, 4.69) is 10.3 Å². The van der Waals surface area contributed by atoms with Crippen molar-refractivity contribution < 1.29 is 9.59 Å². The lowest BCUT2D eigenvalue weighted by atomic mass is 9.91. The molecule has 3 aromatic rings. The van der Waals surface area contributed by atoms with E-state index in [-0.39, 0.29) is 17.7 Å². The molecule has 2 fully saturated rings. The van der Waals surface area contributed by atoms with Crippen LogP contribution in [-0.4, -0.2) is 56.6 Å². The van der Waals surface area contributed by atoms with E-state index in [0.717, 1.165) is 60.3 Å². The Bertz CT molecular complexity index is 1170. The summed E-state index contributed by atoms with van der Waals surface area (Å²) in [6, 6.07) is 7.57. The van der Waals surface area contributed by atoms with Gasteiger partial charge in [-0.2, -0.15) is 5.10 Å².